The number of hydrogen-bond donors (Lipinski definition) is 2. The van der Waals surface area contributed by atoms with Gasteiger partial charge in [0.25, 0.3) is 6.43 Å². The van der Waals surface area contributed by atoms with Gasteiger partial charge in [0.1, 0.15) is 12.1 Å². The zero-order valence-corrected chi connectivity index (χ0v) is 12.9. The van der Waals surface area contributed by atoms with Crippen molar-refractivity contribution in [1.29, 1.82) is 0 Å². The average Bonchev–Trinajstić information content (AvgIpc) is 2.27. The second-order valence-electron chi connectivity index (χ2n) is 5.84. The van der Waals surface area contributed by atoms with E-state index >= 15 is 0 Å². The molecule has 0 radical (unpaired) electrons. The number of guanidine groups is 1. The fraction of sp³-hybridized carbons (Fsp3) is 0.846. The summed E-state index contributed by atoms with van der Waals surface area (Å²) in [6, 6.07) is -0.00649. The summed E-state index contributed by atoms with van der Waals surface area (Å²) in [6.45, 7) is 8.24. The monoisotopic (exact) mass is 306 g/mol. The molecule has 6 nitrogen and oxygen atoms in total. The molecule has 2 N–H and O–H groups in total. The summed E-state index contributed by atoms with van der Waals surface area (Å²) >= 11 is 0. The van der Waals surface area contributed by atoms with E-state index in [1.54, 1.807) is 25.7 Å². The minimum atomic E-state index is -2.47. The molecule has 0 aliphatic carbocycles. The minimum absolute atomic E-state index is 0.00649. The Morgan fingerprint density at radius 3 is 2.52 bits per heavy atom. The second kappa shape index (κ2) is 7.42. The smallest absolute Gasteiger partial charge is 0.410 e. The quantitative estimate of drug-likeness (QED) is 0.609. The van der Waals surface area contributed by atoms with Gasteiger partial charge < -0.3 is 20.3 Å². The van der Waals surface area contributed by atoms with Gasteiger partial charge >= 0.3 is 6.09 Å². The summed E-state index contributed by atoms with van der Waals surface area (Å²) in [5, 5.41) is 5.90. The summed E-state index contributed by atoms with van der Waals surface area (Å²) in [6.07, 6.45) is -2.84. The van der Waals surface area contributed by atoms with Gasteiger partial charge in [0, 0.05) is 19.6 Å². The number of nitrogens with one attached hydrogen (secondary N) is 2. The van der Waals surface area contributed by atoms with E-state index in [0.717, 1.165) is 0 Å². The maximum atomic E-state index is 12.2. The Bertz CT molecular complexity index is 377. The molecule has 1 saturated heterocycles. The number of nitrogens with zero attached hydrogens (tertiary/aromatic N) is 2. The van der Waals surface area contributed by atoms with Crippen LogP contribution in [0.3, 0.4) is 0 Å². The molecule has 0 aromatic carbocycles. The number of halogens is 2. The van der Waals surface area contributed by atoms with Crippen LogP contribution in [0.1, 0.15) is 27.7 Å². The lowest BCUT2D eigenvalue weighted by molar-refractivity contribution is 0.00701. The number of aliphatic imine (C=N–C) groups is 1. The molecule has 0 unspecified atom stereocenters. The lowest BCUT2D eigenvalue weighted by atomic mass is 10.1. The number of rotatable bonds is 4. The van der Waals surface area contributed by atoms with E-state index < -0.39 is 18.6 Å². The normalized spacial score (nSPS) is 16.7. The van der Waals surface area contributed by atoms with E-state index in [2.05, 4.69) is 15.6 Å². The molecule has 1 rings (SSSR count). The Morgan fingerprint density at radius 2 is 2.05 bits per heavy atom. The first-order chi connectivity index (χ1) is 9.71. The van der Waals surface area contributed by atoms with Crippen molar-refractivity contribution in [3.63, 3.8) is 0 Å². The van der Waals surface area contributed by atoms with Crippen molar-refractivity contribution >= 4 is 12.1 Å². The van der Waals surface area contributed by atoms with Gasteiger partial charge in [-0.2, -0.15) is 0 Å². The van der Waals surface area contributed by atoms with Crippen molar-refractivity contribution in [2.24, 2.45) is 4.99 Å². The Hall–Kier alpha value is -1.60. The summed E-state index contributed by atoms with van der Waals surface area (Å²) in [5.74, 6) is 0.339. The van der Waals surface area contributed by atoms with E-state index in [-0.39, 0.29) is 12.1 Å². The number of alkyl halides is 2. The van der Waals surface area contributed by atoms with E-state index in [0.29, 0.717) is 25.6 Å². The van der Waals surface area contributed by atoms with Crippen molar-refractivity contribution in [2.75, 3.05) is 26.2 Å². The molecule has 1 heterocycles. The van der Waals surface area contributed by atoms with E-state index in [4.69, 9.17) is 4.74 Å². The van der Waals surface area contributed by atoms with Crippen molar-refractivity contribution in [3.05, 3.63) is 0 Å². The van der Waals surface area contributed by atoms with Gasteiger partial charge in [-0.05, 0) is 27.7 Å². The summed E-state index contributed by atoms with van der Waals surface area (Å²) in [4.78, 5) is 17.1. The third kappa shape index (κ3) is 6.59. The number of carbonyl (C=O) groups is 1. The van der Waals surface area contributed by atoms with Crippen LogP contribution in [0.5, 0.6) is 0 Å². The Morgan fingerprint density at radius 1 is 1.43 bits per heavy atom. The standard InChI is InChI=1S/C13H24F2N4O2/c1-5-16-11(17-6-10(14)15)18-9-7-19(8-9)12(20)21-13(2,3)4/h9-10H,5-8H2,1-4H3,(H2,16,17,18). The predicted molar refractivity (Wildman–Crippen MR) is 76.7 cm³/mol. The molecule has 21 heavy (non-hydrogen) atoms. The molecule has 0 aromatic rings. The molecule has 122 valence electrons. The zero-order valence-electron chi connectivity index (χ0n) is 12.9. The third-order valence-corrected chi connectivity index (χ3v) is 2.61. The topological polar surface area (TPSA) is 66.0 Å². The first kappa shape index (κ1) is 17.5. The number of ether oxygens (including phenoxy) is 1. The van der Waals surface area contributed by atoms with Crippen LogP contribution < -0.4 is 10.6 Å². The van der Waals surface area contributed by atoms with E-state index in [1.165, 1.54) is 0 Å². The molecule has 8 heteroatoms. The molecule has 1 fully saturated rings. The molecular formula is C13H24F2N4O2. The number of carbonyl (C=O) groups excluding carboxylic acids is 1. The SMILES string of the molecule is CCNC(=NCC(F)F)NC1CN(C(=O)OC(C)(C)C)C1. The third-order valence-electron chi connectivity index (χ3n) is 2.61. The van der Waals surface area contributed by atoms with Crippen LogP contribution in [0.4, 0.5) is 13.6 Å². The van der Waals surface area contributed by atoms with Crippen LogP contribution in [-0.4, -0.2) is 61.2 Å². The molecule has 1 aliphatic rings. The van der Waals surface area contributed by atoms with E-state index in [1.807, 2.05) is 6.92 Å². The summed E-state index contributed by atoms with van der Waals surface area (Å²) in [7, 11) is 0. The van der Waals surface area contributed by atoms with Gasteiger partial charge in [0.05, 0.1) is 6.04 Å². The summed E-state index contributed by atoms with van der Waals surface area (Å²) < 4.78 is 29.6. The first-order valence-electron chi connectivity index (χ1n) is 7.02. The Kier molecular flexibility index (Phi) is 6.17. The van der Waals surface area contributed by atoms with Crippen LogP contribution in [-0.2, 0) is 4.74 Å². The molecule has 0 atom stereocenters. The van der Waals surface area contributed by atoms with Crippen LogP contribution in [0.15, 0.2) is 4.99 Å². The van der Waals surface area contributed by atoms with Crippen molar-refractivity contribution < 1.29 is 18.3 Å². The second-order valence-corrected chi connectivity index (χ2v) is 5.84. The van der Waals surface area contributed by atoms with Crippen LogP contribution in [0.25, 0.3) is 0 Å². The molecule has 0 spiro atoms. The van der Waals surface area contributed by atoms with Gasteiger partial charge in [-0.3, -0.25) is 0 Å². The lowest BCUT2D eigenvalue weighted by Crippen LogP contribution is -2.63. The molecular weight excluding hydrogens is 282 g/mol. The van der Waals surface area contributed by atoms with Crippen LogP contribution in [0.2, 0.25) is 0 Å². The van der Waals surface area contributed by atoms with Gasteiger partial charge in [0.2, 0.25) is 0 Å². The molecule has 0 saturated carbocycles. The van der Waals surface area contributed by atoms with Crippen molar-refractivity contribution in [3.8, 4) is 0 Å². The molecule has 0 bridgehead atoms. The van der Waals surface area contributed by atoms with Crippen LogP contribution in [0, 0.1) is 0 Å². The summed E-state index contributed by atoms with van der Waals surface area (Å²) in [5.41, 5.74) is -0.525. The molecule has 1 aliphatic heterocycles. The first-order valence-corrected chi connectivity index (χ1v) is 7.02. The number of likely N-dealkylation sites (tertiary alicyclic amines) is 1. The molecule has 1 amide bonds. The highest BCUT2D eigenvalue weighted by atomic mass is 19.3. The fourth-order valence-corrected chi connectivity index (χ4v) is 1.72. The van der Waals surface area contributed by atoms with Gasteiger partial charge in [-0.15, -0.1) is 0 Å². The highest BCUT2D eigenvalue weighted by Gasteiger charge is 2.34. The van der Waals surface area contributed by atoms with Crippen LogP contribution >= 0.6 is 0 Å². The largest absolute Gasteiger partial charge is 0.444 e. The maximum Gasteiger partial charge on any atom is 0.410 e. The Labute approximate surface area is 123 Å². The van der Waals surface area contributed by atoms with Gasteiger partial charge in [0.15, 0.2) is 5.96 Å². The molecule has 0 aromatic heterocycles. The predicted octanol–water partition coefficient (Wildman–Crippen LogP) is 1.43. The van der Waals surface area contributed by atoms with E-state index in [9.17, 15) is 13.6 Å². The van der Waals surface area contributed by atoms with Gasteiger partial charge in [-0.25, -0.2) is 18.6 Å². The van der Waals surface area contributed by atoms with Gasteiger partial charge in [-0.1, -0.05) is 0 Å². The highest BCUT2D eigenvalue weighted by molar-refractivity contribution is 5.80. The van der Waals surface area contributed by atoms with Crippen molar-refractivity contribution in [2.45, 2.75) is 45.8 Å². The number of amides is 1. The highest BCUT2D eigenvalue weighted by Crippen LogP contribution is 2.15. The average molecular weight is 306 g/mol. The minimum Gasteiger partial charge on any atom is -0.444 e. The number of hydrogen-bond acceptors (Lipinski definition) is 3. The zero-order chi connectivity index (χ0) is 16.0. The lowest BCUT2D eigenvalue weighted by Gasteiger charge is -2.40. The van der Waals surface area contributed by atoms with Crippen molar-refractivity contribution in [1.82, 2.24) is 15.5 Å². The fourth-order valence-electron chi connectivity index (χ4n) is 1.72. The Balaban J connectivity index is 2.38. The maximum absolute atomic E-state index is 12.2.